The minimum absolute atomic E-state index is 0.202. The molecule has 1 aliphatic rings. The number of fused-ring (bicyclic) bond motifs is 1. The average molecular weight is 370 g/mol. The van der Waals surface area contributed by atoms with E-state index in [0.29, 0.717) is 23.6 Å². The van der Waals surface area contributed by atoms with Gasteiger partial charge in [-0.1, -0.05) is 12.1 Å². The third-order valence-corrected chi connectivity index (χ3v) is 4.16. The number of nitrogens with zero attached hydrogens (tertiary/aromatic N) is 1. The zero-order chi connectivity index (χ0) is 19.4. The van der Waals surface area contributed by atoms with Crippen LogP contribution in [0.4, 0.5) is 5.69 Å². The summed E-state index contributed by atoms with van der Waals surface area (Å²) in [4.78, 5) is 26.4. The Bertz CT molecular complexity index is 850. The molecule has 1 amide bonds. The lowest BCUT2D eigenvalue weighted by Crippen LogP contribution is -2.35. The largest absolute Gasteiger partial charge is 0.454 e. The predicted octanol–water partition coefficient (Wildman–Crippen LogP) is 2.34. The lowest BCUT2D eigenvalue weighted by molar-refractivity contribution is -0.129. The lowest BCUT2D eigenvalue weighted by Gasteiger charge is -2.16. The van der Waals surface area contributed by atoms with Crippen molar-refractivity contribution in [2.45, 2.75) is 19.6 Å². The Morgan fingerprint density at radius 3 is 2.70 bits per heavy atom. The molecule has 7 heteroatoms. The Morgan fingerprint density at radius 2 is 1.93 bits per heavy atom. The number of nitrogens with one attached hydrogen (secondary N) is 1. The zero-order valence-corrected chi connectivity index (χ0v) is 15.5. The maximum Gasteiger partial charge on any atom is 0.338 e. The molecular formula is C20H22N2O5. The fourth-order valence-electron chi connectivity index (χ4n) is 2.58. The van der Waals surface area contributed by atoms with Gasteiger partial charge in [-0.25, -0.2) is 4.79 Å². The van der Waals surface area contributed by atoms with Gasteiger partial charge in [-0.2, -0.15) is 0 Å². The van der Waals surface area contributed by atoms with Crippen molar-refractivity contribution in [2.75, 3.05) is 25.8 Å². The molecule has 0 saturated carbocycles. The van der Waals surface area contributed by atoms with Crippen molar-refractivity contribution in [3.8, 4) is 11.5 Å². The molecule has 27 heavy (non-hydrogen) atoms. The van der Waals surface area contributed by atoms with Gasteiger partial charge in [-0.15, -0.1) is 0 Å². The van der Waals surface area contributed by atoms with Crippen LogP contribution in [-0.4, -0.2) is 38.9 Å². The number of hydrogen-bond donors (Lipinski definition) is 1. The first-order chi connectivity index (χ1) is 12.9. The number of ether oxygens (including phenoxy) is 3. The smallest absolute Gasteiger partial charge is 0.338 e. The SMILES string of the molecule is CC(OC(=O)c1cccc(N(C)C)c1)C(=O)NCc1ccc2c(c1)OCO2. The van der Waals surface area contributed by atoms with Crippen molar-refractivity contribution in [2.24, 2.45) is 0 Å². The molecule has 7 nitrogen and oxygen atoms in total. The summed E-state index contributed by atoms with van der Waals surface area (Å²) in [5.74, 6) is 0.434. The topological polar surface area (TPSA) is 77.1 Å². The van der Waals surface area contributed by atoms with Crippen LogP contribution in [0.25, 0.3) is 0 Å². The Labute approximate surface area is 157 Å². The maximum absolute atomic E-state index is 12.3. The van der Waals surface area contributed by atoms with E-state index in [1.165, 1.54) is 0 Å². The predicted molar refractivity (Wildman–Crippen MR) is 100 cm³/mol. The van der Waals surface area contributed by atoms with Crippen LogP contribution in [-0.2, 0) is 16.1 Å². The van der Waals surface area contributed by atoms with Gasteiger partial charge in [0.1, 0.15) is 0 Å². The van der Waals surface area contributed by atoms with Crippen LogP contribution < -0.4 is 19.7 Å². The quantitative estimate of drug-likeness (QED) is 0.787. The van der Waals surface area contributed by atoms with Crippen molar-refractivity contribution in [1.82, 2.24) is 5.32 Å². The van der Waals surface area contributed by atoms with E-state index < -0.39 is 12.1 Å². The molecule has 142 valence electrons. The first kappa shape index (κ1) is 18.6. The van der Waals surface area contributed by atoms with Crippen LogP contribution >= 0.6 is 0 Å². The third-order valence-electron chi connectivity index (χ3n) is 4.16. The number of amides is 1. The van der Waals surface area contributed by atoms with Crippen LogP contribution in [0.2, 0.25) is 0 Å². The van der Waals surface area contributed by atoms with Crippen LogP contribution in [0.3, 0.4) is 0 Å². The molecule has 0 aromatic heterocycles. The van der Waals surface area contributed by atoms with Gasteiger partial charge in [0.05, 0.1) is 5.56 Å². The van der Waals surface area contributed by atoms with E-state index in [1.54, 1.807) is 31.2 Å². The van der Waals surface area contributed by atoms with E-state index >= 15 is 0 Å². The Kier molecular flexibility index (Phi) is 5.49. The van der Waals surface area contributed by atoms with Gasteiger partial charge in [0.2, 0.25) is 6.79 Å². The van der Waals surface area contributed by atoms with E-state index in [1.807, 2.05) is 37.2 Å². The standard InChI is InChI=1S/C20H22N2O5/c1-13(27-20(24)15-5-4-6-16(10-15)22(2)3)19(23)21-11-14-7-8-17-18(9-14)26-12-25-17/h4-10,13H,11-12H2,1-3H3,(H,21,23). The van der Waals surface area contributed by atoms with E-state index in [9.17, 15) is 9.59 Å². The van der Waals surface area contributed by atoms with E-state index in [4.69, 9.17) is 14.2 Å². The van der Waals surface area contributed by atoms with Crippen LogP contribution in [0.5, 0.6) is 11.5 Å². The van der Waals surface area contributed by atoms with E-state index in [0.717, 1.165) is 11.3 Å². The molecule has 1 unspecified atom stereocenters. The monoisotopic (exact) mass is 370 g/mol. The fraction of sp³-hybridized carbons (Fsp3) is 0.300. The number of esters is 1. The molecule has 1 atom stereocenters. The third kappa shape index (κ3) is 4.49. The molecule has 0 spiro atoms. The van der Waals surface area contributed by atoms with Crippen molar-refractivity contribution in [1.29, 1.82) is 0 Å². The van der Waals surface area contributed by atoms with Gasteiger partial charge in [-0.05, 0) is 42.8 Å². The summed E-state index contributed by atoms with van der Waals surface area (Å²) in [5, 5.41) is 2.76. The van der Waals surface area contributed by atoms with Crippen molar-refractivity contribution < 1.29 is 23.8 Å². The summed E-state index contributed by atoms with van der Waals surface area (Å²) in [7, 11) is 3.77. The highest BCUT2D eigenvalue weighted by atomic mass is 16.7. The highest BCUT2D eigenvalue weighted by molar-refractivity contribution is 5.93. The van der Waals surface area contributed by atoms with Gasteiger partial charge in [0.25, 0.3) is 5.91 Å². The highest BCUT2D eigenvalue weighted by Gasteiger charge is 2.20. The van der Waals surface area contributed by atoms with Crippen LogP contribution in [0.15, 0.2) is 42.5 Å². The van der Waals surface area contributed by atoms with Gasteiger partial charge in [0.15, 0.2) is 17.6 Å². The average Bonchev–Trinajstić information content (AvgIpc) is 3.13. The van der Waals surface area contributed by atoms with Gasteiger partial charge < -0.3 is 24.4 Å². The van der Waals surface area contributed by atoms with E-state index in [-0.39, 0.29) is 12.7 Å². The fourth-order valence-corrected chi connectivity index (χ4v) is 2.58. The van der Waals surface area contributed by atoms with Crippen molar-refractivity contribution in [3.05, 3.63) is 53.6 Å². The molecule has 0 bridgehead atoms. The molecule has 0 aliphatic carbocycles. The number of carbonyl (C=O) groups is 2. The van der Waals surface area contributed by atoms with Gasteiger partial charge >= 0.3 is 5.97 Å². The number of benzene rings is 2. The number of anilines is 1. The molecule has 0 radical (unpaired) electrons. The van der Waals surface area contributed by atoms with Crippen molar-refractivity contribution in [3.63, 3.8) is 0 Å². The number of rotatable bonds is 6. The molecule has 1 N–H and O–H groups in total. The minimum atomic E-state index is -0.908. The number of carbonyl (C=O) groups excluding carboxylic acids is 2. The second-order valence-electron chi connectivity index (χ2n) is 6.40. The summed E-state index contributed by atoms with van der Waals surface area (Å²) in [6, 6.07) is 12.5. The van der Waals surface area contributed by atoms with Gasteiger partial charge in [0, 0.05) is 26.3 Å². The zero-order valence-electron chi connectivity index (χ0n) is 15.5. The Hall–Kier alpha value is -3.22. The molecule has 0 fully saturated rings. The molecule has 2 aromatic carbocycles. The van der Waals surface area contributed by atoms with Crippen molar-refractivity contribution >= 4 is 17.6 Å². The van der Waals surface area contributed by atoms with E-state index in [2.05, 4.69) is 5.32 Å². The first-order valence-corrected chi connectivity index (χ1v) is 8.58. The molecule has 0 saturated heterocycles. The number of hydrogen-bond acceptors (Lipinski definition) is 6. The second kappa shape index (κ2) is 7.99. The Morgan fingerprint density at radius 1 is 1.15 bits per heavy atom. The highest BCUT2D eigenvalue weighted by Crippen LogP contribution is 2.32. The molecular weight excluding hydrogens is 348 g/mol. The summed E-state index contributed by atoms with van der Waals surface area (Å²) >= 11 is 0. The molecule has 1 heterocycles. The Balaban J connectivity index is 1.54. The molecule has 2 aromatic rings. The molecule has 3 rings (SSSR count). The normalized spacial score (nSPS) is 13.0. The molecule has 1 aliphatic heterocycles. The first-order valence-electron chi connectivity index (χ1n) is 8.58. The van der Waals surface area contributed by atoms with Crippen LogP contribution in [0, 0.1) is 0 Å². The maximum atomic E-state index is 12.3. The summed E-state index contributed by atoms with van der Waals surface area (Å²) in [6.07, 6.45) is -0.908. The minimum Gasteiger partial charge on any atom is -0.454 e. The summed E-state index contributed by atoms with van der Waals surface area (Å²) in [6.45, 7) is 2.04. The second-order valence-corrected chi connectivity index (χ2v) is 6.40. The summed E-state index contributed by atoms with van der Waals surface area (Å²) in [5.41, 5.74) is 2.14. The van der Waals surface area contributed by atoms with Gasteiger partial charge in [-0.3, -0.25) is 4.79 Å². The summed E-state index contributed by atoms with van der Waals surface area (Å²) < 4.78 is 15.9. The van der Waals surface area contributed by atoms with Crippen LogP contribution in [0.1, 0.15) is 22.8 Å². The lowest BCUT2D eigenvalue weighted by atomic mass is 10.2.